The summed E-state index contributed by atoms with van der Waals surface area (Å²) in [5.74, 6) is -0.891. The van der Waals surface area contributed by atoms with Crippen molar-refractivity contribution in [2.45, 2.75) is 82.3 Å². The molecule has 164 valence electrons. The van der Waals surface area contributed by atoms with Crippen molar-refractivity contribution in [3.8, 4) is 0 Å². The molecule has 30 heavy (non-hydrogen) atoms. The van der Waals surface area contributed by atoms with Gasteiger partial charge in [0.25, 0.3) is 0 Å². The summed E-state index contributed by atoms with van der Waals surface area (Å²) in [5.41, 5.74) is 1.86. The number of aliphatic hydroxyl groups is 2. The number of unbranched alkanes of at least 4 members (excludes halogenated alkanes) is 1. The standard InChI is InChI=1S/C25H34O5/c26-21-16-22(27)24(20(21)10-6-1-2-7-11-23(28)29)17-12-14-19(15-13-17)25(30)18-8-4-3-5-9-18/h1,6,12-15,18,20,22,24-25,27,30H,2-5,7-11,16H2,(H,28,29)/t20-,22+,24+,25?/m0/s1. The van der Waals surface area contributed by atoms with E-state index < -0.39 is 18.2 Å². The van der Waals surface area contributed by atoms with E-state index in [1.807, 2.05) is 36.4 Å². The summed E-state index contributed by atoms with van der Waals surface area (Å²) in [7, 11) is 0. The SMILES string of the molecule is O=C(O)CCCC=CC[C@H]1C(=O)C[C@@H](O)[C@@H]1c1ccc(C(O)C2CCCCC2)cc1. The van der Waals surface area contributed by atoms with Crippen molar-refractivity contribution in [1.29, 1.82) is 0 Å². The van der Waals surface area contributed by atoms with Crippen molar-refractivity contribution < 1.29 is 24.9 Å². The molecule has 0 bridgehead atoms. The highest BCUT2D eigenvalue weighted by molar-refractivity contribution is 5.85. The Bertz CT molecular complexity index is 732. The number of carboxylic acid groups (broad SMARTS) is 1. The summed E-state index contributed by atoms with van der Waals surface area (Å²) < 4.78 is 0. The van der Waals surface area contributed by atoms with E-state index in [1.165, 1.54) is 19.3 Å². The van der Waals surface area contributed by atoms with Crippen LogP contribution in [0.3, 0.4) is 0 Å². The van der Waals surface area contributed by atoms with Gasteiger partial charge < -0.3 is 15.3 Å². The number of rotatable bonds is 9. The molecule has 1 aromatic rings. The van der Waals surface area contributed by atoms with Gasteiger partial charge in [-0.15, -0.1) is 0 Å². The van der Waals surface area contributed by atoms with Crippen LogP contribution in [0.1, 0.15) is 87.4 Å². The van der Waals surface area contributed by atoms with E-state index in [4.69, 9.17) is 5.11 Å². The topological polar surface area (TPSA) is 94.8 Å². The van der Waals surface area contributed by atoms with E-state index in [2.05, 4.69) is 0 Å². The third-order valence-corrected chi connectivity index (χ3v) is 6.75. The summed E-state index contributed by atoms with van der Waals surface area (Å²) in [6, 6.07) is 7.81. The van der Waals surface area contributed by atoms with Gasteiger partial charge in [-0.1, -0.05) is 55.7 Å². The van der Waals surface area contributed by atoms with Gasteiger partial charge in [0.15, 0.2) is 0 Å². The zero-order chi connectivity index (χ0) is 21.5. The monoisotopic (exact) mass is 414 g/mol. The molecule has 3 rings (SSSR count). The molecule has 4 atom stereocenters. The number of carboxylic acids is 1. The van der Waals surface area contributed by atoms with Crippen molar-refractivity contribution in [2.75, 3.05) is 0 Å². The van der Waals surface area contributed by atoms with Crippen LogP contribution < -0.4 is 0 Å². The minimum Gasteiger partial charge on any atom is -0.481 e. The molecule has 2 aliphatic carbocycles. The molecular weight excluding hydrogens is 380 g/mol. The van der Waals surface area contributed by atoms with E-state index in [9.17, 15) is 19.8 Å². The van der Waals surface area contributed by atoms with Crippen molar-refractivity contribution >= 4 is 11.8 Å². The lowest BCUT2D eigenvalue weighted by molar-refractivity contribution is -0.137. The molecule has 1 aromatic carbocycles. The molecule has 0 radical (unpaired) electrons. The van der Waals surface area contributed by atoms with Crippen LogP contribution in [0.2, 0.25) is 0 Å². The molecule has 0 saturated heterocycles. The van der Waals surface area contributed by atoms with Gasteiger partial charge in [0.05, 0.1) is 12.2 Å². The van der Waals surface area contributed by atoms with Crippen LogP contribution in [0.15, 0.2) is 36.4 Å². The number of benzene rings is 1. The molecule has 0 spiro atoms. The zero-order valence-corrected chi connectivity index (χ0v) is 17.6. The average Bonchev–Trinajstić information content (AvgIpc) is 3.03. The predicted octanol–water partition coefficient (Wildman–Crippen LogP) is 4.54. The van der Waals surface area contributed by atoms with Crippen LogP contribution in [0.25, 0.3) is 0 Å². The molecule has 1 unspecified atom stereocenters. The van der Waals surface area contributed by atoms with Gasteiger partial charge in [0.2, 0.25) is 0 Å². The fourth-order valence-electron chi connectivity index (χ4n) is 5.05. The van der Waals surface area contributed by atoms with Crippen LogP contribution in [0, 0.1) is 11.8 Å². The summed E-state index contributed by atoms with van der Waals surface area (Å²) in [4.78, 5) is 23.0. The second kappa shape index (κ2) is 10.9. The highest BCUT2D eigenvalue weighted by Crippen LogP contribution is 2.41. The van der Waals surface area contributed by atoms with Crippen molar-refractivity contribution in [1.82, 2.24) is 0 Å². The first kappa shape index (κ1) is 22.7. The first-order valence-corrected chi connectivity index (χ1v) is 11.3. The molecule has 2 saturated carbocycles. The largest absolute Gasteiger partial charge is 0.481 e. The Morgan fingerprint density at radius 2 is 1.80 bits per heavy atom. The third-order valence-electron chi connectivity index (χ3n) is 6.75. The van der Waals surface area contributed by atoms with E-state index in [0.29, 0.717) is 25.2 Å². The number of hydrogen-bond acceptors (Lipinski definition) is 4. The first-order valence-electron chi connectivity index (χ1n) is 11.3. The maximum Gasteiger partial charge on any atom is 0.303 e. The lowest BCUT2D eigenvalue weighted by Crippen LogP contribution is -2.19. The van der Waals surface area contributed by atoms with Crippen LogP contribution in [-0.2, 0) is 9.59 Å². The minimum atomic E-state index is -0.797. The number of Topliss-reactive ketones (excluding diaryl/α,β-unsaturated/α-hetero) is 1. The molecule has 0 aromatic heterocycles. The smallest absolute Gasteiger partial charge is 0.303 e. The first-order chi connectivity index (χ1) is 14.5. The Morgan fingerprint density at radius 1 is 1.10 bits per heavy atom. The number of aliphatic hydroxyl groups excluding tert-OH is 2. The summed E-state index contributed by atoms with van der Waals surface area (Å²) >= 11 is 0. The van der Waals surface area contributed by atoms with Crippen molar-refractivity contribution in [3.63, 3.8) is 0 Å². The summed E-state index contributed by atoms with van der Waals surface area (Å²) in [6.45, 7) is 0. The number of allylic oxidation sites excluding steroid dienone is 2. The predicted molar refractivity (Wildman–Crippen MR) is 115 cm³/mol. The van der Waals surface area contributed by atoms with Gasteiger partial charge in [-0.25, -0.2) is 0 Å². The lowest BCUT2D eigenvalue weighted by Gasteiger charge is -2.27. The second-order valence-corrected chi connectivity index (χ2v) is 8.87. The van der Waals surface area contributed by atoms with Crippen LogP contribution >= 0.6 is 0 Å². The molecule has 0 aliphatic heterocycles. The van der Waals surface area contributed by atoms with Crippen LogP contribution in [0.4, 0.5) is 0 Å². The van der Waals surface area contributed by atoms with Gasteiger partial charge in [-0.3, -0.25) is 9.59 Å². The highest BCUT2D eigenvalue weighted by Gasteiger charge is 2.41. The van der Waals surface area contributed by atoms with Gasteiger partial charge in [-0.05, 0) is 49.1 Å². The normalized spacial score (nSPS) is 26.3. The van der Waals surface area contributed by atoms with Gasteiger partial charge in [-0.2, -0.15) is 0 Å². The van der Waals surface area contributed by atoms with E-state index in [0.717, 1.165) is 24.0 Å². The third kappa shape index (κ3) is 5.79. The maximum absolute atomic E-state index is 12.4. The van der Waals surface area contributed by atoms with Gasteiger partial charge in [0.1, 0.15) is 5.78 Å². The fourth-order valence-corrected chi connectivity index (χ4v) is 5.05. The molecule has 5 nitrogen and oxygen atoms in total. The molecule has 0 amide bonds. The zero-order valence-electron chi connectivity index (χ0n) is 17.6. The van der Waals surface area contributed by atoms with Crippen LogP contribution in [-0.4, -0.2) is 33.2 Å². The number of ketones is 1. The Hall–Kier alpha value is -1.98. The number of carbonyl (C=O) groups is 2. The van der Waals surface area contributed by atoms with Gasteiger partial charge in [0, 0.05) is 24.7 Å². The van der Waals surface area contributed by atoms with E-state index >= 15 is 0 Å². The Morgan fingerprint density at radius 3 is 2.47 bits per heavy atom. The molecule has 0 heterocycles. The quantitative estimate of drug-likeness (QED) is 0.407. The van der Waals surface area contributed by atoms with Gasteiger partial charge >= 0.3 is 5.97 Å². The average molecular weight is 415 g/mol. The molecular formula is C25H34O5. The second-order valence-electron chi connectivity index (χ2n) is 8.87. The Kier molecular flexibility index (Phi) is 8.23. The van der Waals surface area contributed by atoms with Crippen molar-refractivity contribution in [2.24, 2.45) is 11.8 Å². The Balaban J connectivity index is 1.62. The van der Waals surface area contributed by atoms with E-state index in [-0.39, 0.29) is 30.5 Å². The summed E-state index contributed by atoms with van der Waals surface area (Å²) in [6.07, 6.45) is 10.6. The molecule has 5 heteroatoms. The maximum atomic E-state index is 12.4. The Labute approximate surface area is 178 Å². The number of hydrogen-bond donors (Lipinski definition) is 3. The van der Waals surface area contributed by atoms with Crippen LogP contribution in [0.5, 0.6) is 0 Å². The van der Waals surface area contributed by atoms with Crippen molar-refractivity contribution in [3.05, 3.63) is 47.5 Å². The molecule has 2 fully saturated rings. The number of carbonyl (C=O) groups excluding carboxylic acids is 1. The fraction of sp³-hybridized carbons (Fsp3) is 0.600. The minimum absolute atomic E-state index is 0.0778. The molecule has 2 aliphatic rings. The van der Waals surface area contributed by atoms with E-state index in [1.54, 1.807) is 0 Å². The summed E-state index contributed by atoms with van der Waals surface area (Å²) in [5, 5.41) is 29.9. The molecule has 3 N–H and O–H groups in total. The highest BCUT2D eigenvalue weighted by atomic mass is 16.4. The number of aliphatic carboxylic acids is 1. The lowest BCUT2D eigenvalue weighted by atomic mass is 9.81.